The predicted molar refractivity (Wildman–Crippen MR) is 121 cm³/mol. The lowest BCUT2D eigenvalue weighted by Gasteiger charge is -2.40. The number of aliphatic imine (C=N–C) groups is 1. The minimum absolute atomic E-state index is 0.211. The van der Waals surface area contributed by atoms with Crippen molar-refractivity contribution in [2.24, 2.45) is 4.99 Å². The number of benzene rings is 2. The van der Waals surface area contributed by atoms with Crippen molar-refractivity contribution >= 4 is 41.3 Å². The van der Waals surface area contributed by atoms with Crippen LogP contribution in [0.5, 0.6) is 0 Å². The van der Waals surface area contributed by atoms with Gasteiger partial charge in [0.2, 0.25) is 5.96 Å². The summed E-state index contributed by atoms with van der Waals surface area (Å²) >= 11 is 6.17. The highest BCUT2D eigenvalue weighted by molar-refractivity contribution is 6.31. The molecule has 3 aliphatic rings. The summed E-state index contributed by atoms with van der Waals surface area (Å²) in [5, 5.41) is 0.645. The summed E-state index contributed by atoms with van der Waals surface area (Å²) in [6.45, 7) is 1.59. The molecule has 0 saturated carbocycles. The quantitative estimate of drug-likeness (QED) is 0.740. The Morgan fingerprint density at radius 3 is 2.68 bits per heavy atom. The molecule has 3 aliphatic heterocycles. The van der Waals surface area contributed by atoms with Crippen LogP contribution in [0.3, 0.4) is 0 Å². The number of imide groups is 1. The lowest BCUT2D eigenvalue weighted by atomic mass is 10.1. The molecule has 7 nitrogen and oxygen atoms in total. The van der Waals surface area contributed by atoms with E-state index in [1.807, 2.05) is 71.6 Å². The van der Waals surface area contributed by atoms with E-state index in [1.165, 1.54) is 4.90 Å². The fourth-order valence-electron chi connectivity index (χ4n) is 4.35. The molecule has 3 amide bonds. The Morgan fingerprint density at radius 2 is 1.90 bits per heavy atom. The molecule has 0 bridgehead atoms. The molecule has 8 heteroatoms. The number of hydrogen-bond donors (Lipinski definition) is 0. The van der Waals surface area contributed by atoms with Crippen molar-refractivity contribution in [1.82, 2.24) is 14.7 Å². The van der Waals surface area contributed by atoms with Crippen LogP contribution < -0.4 is 4.90 Å². The van der Waals surface area contributed by atoms with Gasteiger partial charge >= 0.3 is 6.03 Å². The summed E-state index contributed by atoms with van der Waals surface area (Å²) in [7, 11) is 1.70. The molecule has 2 fully saturated rings. The Labute approximate surface area is 185 Å². The number of amides is 3. The van der Waals surface area contributed by atoms with Gasteiger partial charge in [0.25, 0.3) is 5.91 Å². The van der Waals surface area contributed by atoms with Gasteiger partial charge in [0.15, 0.2) is 12.2 Å². The third-order valence-corrected chi connectivity index (χ3v) is 6.13. The average Bonchev–Trinajstić information content (AvgIpc) is 3.35. The number of carbonyl (C=O) groups excluding carboxylic acids is 2. The first-order chi connectivity index (χ1) is 15.0. The highest BCUT2D eigenvalue weighted by atomic mass is 35.5. The van der Waals surface area contributed by atoms with Gasteiger partial charge in [-0.05, 0) is 23.8 Å². The number of nitrogens with zero attached hydrogens (tertiary/aromatic N) is 5. The molecule has 2 aromatic carbocycles. The van der Waals surface area contributed by atoms with Crippen molar-refractivity contribution < 1.29 is 9.59 Å². The summed E-state index contributed by atoms with van der Waals surface area (Å²) < 4.78 is 0. The molecule has 0 spiro atoms. The molecule has 2 atom stereocenters. The highest BCUT2D eigenvalue weighted by Crippen LogP contribution is 2.33. The Hall–Kier alpha value is -3.32. The van der Waals surface area contributed by atoms with Crippen LogP contribution in [0, 0.1) is 0 Å². The first kappa shape index (κ1) is 19.6. The molecule has 158 valence electrons. The van der Waals surface area contributed by atoms with E-state index in [4.69, 9.17) is 16.6 Å². The number of likely N-dealkylation sites (N-methyl/N-ethyl adjacent to an activating group) is 1. The Balaban J connectivity index is 1.38. The Kier molecular flexibility index (Phi) is 4.90. The van der Waals surface area contributed by atoms with Crippen molar-refractivity contribution in [3.63, 3.8) is 0 Å². The summed E-state index contributed by atoms with van der Waals surface area (Å²) in [4.78, 5) is 37.9. The first-order valence-electron chi connectivity index (χ1n) is 10.2. The number of halogens is 1. The first-order valence-corrected chi connectivity index (χ1v) is 10.6. The minimum atomic E-state index is -0.522. The number of urea groups is 1. The maximum Gasteiger partial charge on any atom is 0.328 e. The number of carbonyl (C=O) groups is 2. The molecular formula is C23H22ClN5O2. The second kappa shape index (κ2) is 7.74. The van der Waals surface area contributed by atoms with Crippen molar-refractivity contribution in [1.29, 1.82) is 0 Å². The van der Waals surface area contributed by atoms with Gasteiger partial charge in [-0.25, -0.2) is 9.79 Å². The van der Waals surface area contributed by atoms with E-state index < -0.39 is 12.2 Å². The Bertz CT molecular complexity index is 1090. The smallest absolute Gasteiger partial charge is 0.325 e. The second-order valence-corrected chi connectivity index (χ2v) is 8.20. The molecule has 2 aromatic rings. The third-order valence-electron chi connectivity index (χ3n) is 5.89. The lowest BCUT2D eigenvalue weighted by Crippen LogP contribution is -2.64. The van der Waals surface area contributed by atoms with E-state index in [2.05, 4.69) is 4.90 Å². The van der Waals surface area contributed by atoms with Gasteiger partial charge in [0.1, 0.15) is 0 Å². The van der Waals surface area contributed by atoms with E-state index >= 15 is 0 Å². The molecule has 2 unspecified atom stereocenters. The van der Waals surface area contributed by atoms with Gasteiger partial charge in [-0.3, -0.25) is 9.69 Å². The maximum atomic E-state index is 13.3. The number of rotatable bonds is 4. The SMILES string of the molecule is CN1C(=O)N(C/C=C/c2ccccc2)C(=O)C2C1N=C1N(c3cccc(Cl)c3)CCN12. The van der Waals surface area contributed by atoms with Crippen LogP contribution in [0.15, 0.2) is 65.7 Å². The molecular weight excluding hydrogens is 414 g/mol. The monoisotopic (exact) mass is 435 g/mol. The number of guanidine groups is 1. The topological polar surface area (TPSA) is 59.5 Å². The van der Waals surface area contributed by atoms with Crippen molar-refractivity contribution in [3.05, 3.63) is 71.3 Å². The van der Waals surface area contributed by atoms with Crippen molar-refractivity contribution in [2.75, 3.05) is 31.6 Å². The van der Waals surface area contributed by atoms with Crippen molar-refractivity contribution in [2.45, 2.75) is 12.2 Å². The fraction of sp³-hybridized carbons (Fsp3) is 0.261. The number of hydrogen-bond acceptors (Lipinski definition) is 5. The van der Waals surface area contributed by atoms with Gasteiger partial charge in [0.05, 0.1) is 0 Å². The molecule has 0 aromatic heterocycles. The molecule has 0 aliphatic carbocycles. The van der Waals surface area contributed by atoms with Crippen LogP contribution in [0.1, 0.15) is 5.56 Å². The van der Waals surface area contributed by atoms with Crippen LogP contribution >= 0.6 is 11.6 Å². The normalized spacial score (nSPS) is 23.0. The largest absolute Gasteiger partial charge is 0.328 e. The number of anilines is 1. The molecule has 5 rings (SSSR count). The fourth-order valence-corrected chi connectivity index (χ4v) is 4.54. The summed E-state index contributed by atoms with van der Waals surface area (Å²) in [5.74, 6) is 0.504. The van der Waals surface area contributed by atoms with Gasteiger partial charge in [-0.2, -0.15) is 0 Å². The standard InChI is InChI=1S/C23H22ClN5O2/c1-26-20-19(21(30)29(23(26)31)12-6-9-16-7-3-2-4-8-16)28-14-13-27(22(28)25-20)18-11-5-10-17(24)15-18/h2-11,15,19-20H,12-14H2,1H3/b9-6+. The zero-order valence-corrected chi connectivity index (χ0v) is 17.8. The molecule has 0 radical (unpaired) electrons. The number of fused-ring (bicyclic) bond motifs is 3. The molecule has 2 saturated heterocycles. The lowest BCUT2D eigenvalue weighted by molar-refractivity contribution is -0.136. The third kappa shape index (κ3) is 3.35. The average molecular weight is 436 g/mol. The van der Waals surface area contributed by atoms with Crippen LogP contribution in [0.2, 0.25) is 5.02 Å². The second-order valence-electron chi connectivity index (χ2n) is 7.77. The zero-order chi connectivity index (χ0) is 21.5. The Morgan fingerprint density at radius 1 is 1.10 bits per heavy atom. The van der Waals surface area contributed by atoms with Gasteiger partial charge in [0, 0.05) is 37.4 Å². The summed E-state index contributed by atoms with van der Waals surface area (Å²) in [6.07, 6.45) is 3.24. The zero-order valence-electron chi connectivity index (χ0n) is 17.1. The maximum absolute atomic E-state index is 13.3. The van der Waals surface area contributed by atoms with Crippen molar-refractivity contribution in [3.8, 4) is 0 Å². The van der Waals surface area contributed by atoms with Gasteiger partial charge in [-0.1, -0.05) is 60.2 Å². The van der Waals surface area contributed by atoms with Gasteiger partial charge < -0.3 is 14.7 Å². The van der Waals surface area contributed by atoms with E-state index in [9.17, 15) is 9.59 Å². The van der Waals surface area contributed by atoms with Crippen LogP contribution in [0.25, 0.3) is 6.08 Å². The predicted octanol–water partition coefficient (Wildman–Crippen LogP) is 3.13. The van der Waals surface area contributed by atoms with Crippen LogP contribution in [0.4, 0.5) is 10.5 Å². The van der Waals surface area contributed by atoms with Crippen LogP contribution in [-0.4, -0.2) is 71.5 Å². The van der Waals surface area contributed by atoms with E-state index in [0.717, 1.165) is 11.3 Å². The van der Waals surface area contributed by atoms with Crippen LogP contribution in [-0.2, 0) is 4.79 Å². The highest BCUT2D eigenvalue weighted by Gasteiger charge is 2.54. The van der Waals surface area contributed by atoms with E-state index in [-0.39, 0.29) is 18.5 Å². The van der Waals surface area contributed by atoms with E-state index in [0.29, 0.717) is 24.1 Å². The molecule has 31 heavy (non-hydrogen) atoms. The van der Waals surface area contributed by atoms with E-state index in [1.54, 1.807) is 11.9 Å². The van der Waals surface area contributed by atoms with Gasteiger partial charge in [-0.15, -0.1) is 0 Å². The summed E-state index contributed by atoms with van der Waals surface area (Å²) in [5.41, 5.74) is 1.95. The summed E-state index contributed by atoms with van der Waals surface area (Å²) in [6, 6.07) is 16.5. The minimum Gasteiger partial charge on any atom is -0.325 e. The molecule has 0 N–H and O–H groups in total. The molecule has 3 heterocycles.